The van der Waals surface area contributed by atoms with Crippen molar-refractivity contribution in [3.63, 3.8) is 0 Å². The zero-order valence-electron chi connectivity index (χ0n) is 45.8. The van der Waals surface area contributed by atoms with Gasteiger partial charge in [0.25, 0.3) is 11.8 Å². The summed E-state index contributed by atoms with van der Waals surface area (Å²) >= 11 is 0. The highest BCUT2D eigenvalue weighted by molar-refractivity contribution is 5.97. The first-order valence-electron chi connectivity index (χ1n) is 26.0. The Morgan fingerprint density at radius 1 is 0.959 bits per heavy atom. The molecule has 5 atom stereocenters. The van der Waals surface area contributed by atoms with E-state index in [0.29, 0.717) is 32.6 Å². The van der Waals surface area contributed by atoms with Gasteiger partial charge in [0.15, 0.2) is 0 Å². The van der Waals surface area contributed by atoms with Crippen molar-refractivity contribution in [2.24, 2.45) is 23.2 Å². The molecule has 2 fully saturated rings. The van der Waals surface area contributed by atoms with Crippen LogP contribution in [-0.2, 0) is 52.8 Å². The third-order valence-corrected chi connectivity index (χ3v) is 14.8. The number of amides is 4. The smallest absolute Gasteiger partial charge is 0.302 e. The van der Waals surface area contributed by atoms with Crippen LogP contribution in [0.1, 0.15) is 105 Å². The monoisotopic (exact) mass is 1000 g/mol. The molecule has 15 nitrogen and oxygen atoms in total. The number of hydrogen-bond acceptors (Lipinski definition) is 10. The zero-order chi connectivity index (χ0) is 53.5. The Hall–Kier alpha value is -6.08. The lowest BCUT2D eigenvalue weighted by molar-refractivity contribution is -0.146. The Kier molecular flexibility index (Phi) is 18.4. The highest BCUT2D eigenvalue weighted by Gasteiger charge is 2.42. The minimum absolute atomic E-state index is 0.149. The lowest BCUT2D eigenvalue weighted by Gasteiger charge is -2.35. The molecule has 2 N–H and O–H groups in total. The molecule has 0 spiro atoms. The number of hydrogen-bond donors (Lipinski definition) is 2. The van der Waals surface area contributed by atoms with Crippen LogP contribution in [0.25, 0.3) is 33.3 Å². The van der Waals surface area contributed by atoms with E-state index in [0.717, 1.165) is 62.9 Å². The van der Waals surface area contributed by atoms with Crippen LogP contribution in [-0.4, -0.2) is 138 Å². The summed E-state index contributed by atoms with van der Waals surface area (Å²) in [7, 11) is 7.15. The molecule has 394 valence electrons. The Morgan fingerprint density at radius 3 is 2.33 bits per heavy atom. The van der Waals surface area contributed by atoms with Gasteiger partial charge in [0, 0.05) is 88.3 Å². The number of aromatic nitrogens is 2. The molecule has 4 aromatic rings. The van der Waals surface area contributed by atoms with E-state index >= 15 is 0 Å². The second-order valence-corrected chi connectivity index (χ2v) is 21.9. The van der Waals surface area contributed by atoms with Crippen molar-refractivity contribution >= 4 is 40.5 Å². The molecule has 73 heavy (non-hydrogen) atoms. The number of nitrogens with zero attached hydrogens (tertiary/aromatic N) is 6. The van der Waals surface area contributed by atoms with Crippen molar-refractivity contribution in [1.82, 2.24) is 40.0 Å². The van der Waals surface area contributed by atoms with Gasteiger partial charge in [-0.2, -0.15) is 0 Å². The fraction of sp³-hybridized carbons (Fsp3) is 0.552. The topological polar surface area (TPSA) is 159 Å². The van der Waals surface area contributed by atoms with E-state index < -0.39 is 34.9 Å². The number of ether oxygens (including phenoxy) is 2. The summed E-state index contributed by atoms with van der Waals surface area (Å²) < 4.78 is 13.7. The van der Waals surface area contributed by atoms with Gasteiger partial charge in [-0.05, 0) is 125 Å². The number of carbonyl (C=O) groups is 5. The lowest BCUT2D eigenvalue weighted by Crippen LogP contribution is -2.60. The maximum absolute atomic E-state index is 14.7. The van der Waals surface area contributed by atoms with Gasteiger partial charge >= 0.3 is 5.97 Å². The van der Waals surface area contributed by atoms with Crippen LogP contribution in [0.2, 0.25) is 0 Å². The largest absolute Gasteiger partial charge is 0.465 e. The molecule has 4 heterocycles. The van der Waals surface area contributed by atoms with Crippen LogP contribution < -0.4 is 10.7 Å². The second kappa shape index (κ2) is 23.9. The standard InChI is InChI=1S/C58H80N8O7/c1-15-65-49-24-23-43(32-45(49)46(33-57(7,8)36-73-40(6)67)53(65)44-22-19-27-59-51(44)39(5)72-14)42-21-18-20-41(30-42)31-48(56(71)66-29-17-16-28-60-66)61-54(69)52(37(2)3)63(13)55(70)47-35-64(34-38(47)4)50(68)25-26-58(9,10)62(11)12/h18-24,27,30,32,37-39,47-48,52,60H,15-17,28-29,31,33-36H2,1-14H3,(H,61,69)/t38-,39-,47?,48-,52-/m0/s1. The number of likely N-dealkylation sites (tertiary alicyclic amines) is 1. The highest BCUT2D eigenvalue weighted by Crippen LogP contribution is 2.42. The van der Waals surface area contributed by atoms with Gasteiger partial charge in [-0.25, -0.2) is 5.43 Å². The lowest BCUT2D eigenvalue weighted by atomic mass is 9.84. The number of esters is 1. The van der Waals surface area contributed by atoms with Crippen LogP contribution in [0, 0.1) is 35.0 Å². The van der Waals surface area contributed by atoms with Gasteiger partial charge in [0.05, 0.1) is 35.6 Å². The fourth-order valence-corrected chi connectivity index (χ4v) is 10.1. The number of nitrogens with one attached hydrogen (secondary N) is 2. The average Bonchev–Trinajstić information content (AvgIpc) is 3.90. The summed E-state index contributed by atoms with van der Waals surface area (Å²) in [6, 6.07) is 16.8. The summed E-state index contributed by atoms with van der Waals surface area (Å²) in [5.41, 5.74) is 10.1. The van der Waals surface area contributed by atoms with Crippen LogP contribution in [0.4, 0.5) is 0 Å². The molecule has 1 unspecified atom stereocenters. The SMILES string of the molecule is CCn1c(-c2cccnc2[C@H](C)OC)c(CC(C)(C)COC(C)=O)c2cc(-c3cccc(C[C@H](NC(=O)[C@H](C(C)C)N(C)C(=O)C4CN(C(=O)C#CC(C)(C)N(C)C)C[C@@H]4C)C(=O)N4CCCCN4)c3)ccc21. The van der Waals surface area contributed by atoms with Crippen molar-refractivity contribution in [3.8, 4) is 34.2 Å². The van der Waals surface area contributed by atoms with Gasteiger partial charge < -0.3 is 29.2 Å². The second-order valence-electron chi connectivity index (χ2n) is 21.9. The number of fused-ring (bicyclic) bond motifs is 1. The molecule has 6 rings (SSSR count). The molecule has 0 bridgehead atoms. The zero-order valence-corrected chi connectivity index (χ0v) is 45.8. The number of aryl methyl sites for hydroxylation is 1. The number of methoxy groups -OCH3 is 1. The first kappa shape index (κ1) is 56.2. The molecule has 15 heteroatoms. The number of carbonyl (C=O) groups excluding carboxylic acids is 5. The van der Waals surface area contributed by atoms with Gasteiger partial charge in [0.1, 0.15) is 12.1 Å². The van der Waals surface area contributed by atoms with E-state index in [4.69, 9.17) is 14.5 Å². The summed E-state index contributed by atoms with van der Waals surface area (Å²) in [5.74, 6) is 3.34. The van der Waals surface area contributed by atoms with Gasteiger partial charge in [-0.1, -0.05) is 70.9 Å². The van der Waals surface area contributed by atoms with Gasteiger partial charge in [0.2, 0.25) is 11.8 Å². The third-order valence-electron chi connectivity index (χ3n) is 14.8. The molecule has 0 aliphatic carbocycles. The van der Waals surface area contributed by atoms with Crippen LogP contribution in [0.5, 0.6) is 0 Å². The van der Waals surface area contributed by atoms with Gasteiger partial charge in [-0.15, -0.1) is 0 Å². The van der Waals surface area contributed by atoms with E-state index in [9.17, 15) is 24.0 Å². The minimum atomic E-state index is -0.945. The Labute approximate surface area is 433 Å². The quantitative estimate of drug-likeness (QED) is 0.0766. The molecule has 2 aromatic heterocycles. The van der Waals surface area contributed by atoms with Crippen molar-refractivity contribution in [2.75, 3.05) is 61.0 Å². The van der Waals surface area contributed by atoms with E-state index in [-0.39, 0.29) is 61.2 Å². The number of rotatable bonds is 18. The van der Waals surface area contributed by atoms with E-state index in [1.807, 2.05) is 78.7 Å². The third kappa shape index (κ3) is 13.2. The van der Waals surface area contributed by atoms with Crippen LogP contribution >= 0.6 is 0 Å². The summed E-state index contributed by atoms with van der Waals surface area (Å²) in [4.78, 5) is 78.7. The molecule has 0 saturated carbocycles. The molecular formula is C58H80N8O7. The summed E-state index contributed by atoms with van der Waals surface area (Å²) in [5, 5.41) is 5.80. The molecular weight excluding hydrogens is 921 g/mol. The predicted molar refractivity (Wildman–Crippen MR) is 287 cm³/mol. The van der Waals surface area contributed by atoms with E-state index in [1.165, 1.54) is 11.8 Å². The van der Waals surface area contributed by atoms with Crippen molar-refractivity contribution in [3.05, 3.63) is 77.6 Å². The van der Waals surface area contributed by atoms with E-state index in [2.05, 4.69) is 84.3 Å². The summed E-state index contributed by atoms with van der Waals surface area (Å²) in [6.45, 7) is 22.1. The highest BCUT2D eigenvalue weighted by atomic mass is 16.5. The average molecular weight is 1000 g/mol. The number of likely N-dealkylation sites (N-methyl/N-ethyl adjacent to an activating group) is 1. The predicted octanol–water partition coefficient (Wildman–Crippen LogP) is 7.30. The number of hydrazine groups is 1. The van der Waals surface area contributed by atoms with Crippen molar-refractivity contribution in [1.29, 1.82) is 0 Å². The van der Waals surface area contributed by atoms with E-state index in [1.54, 1.807) is 30.3 Å². The molecule has 0 radical (unpaired) electrons. The first-order valence-corrected chi connectivity index (χ1v) is 26.0. The van der Waals surface area contributed by atoms with Crippen molar-refractivity contribution < 1.29 is 33.4 Å². The van der Waals surface area contributed by atoms with Crippen LogP contribution in [0.3, 0.4) is 0 Å². The number of benzene rings is 2. The van der Waals surface area contributed by atoms with Crippen molar-refractivity contribution in [2.45, 2.75) is 125 Å². The Balaban J connectivity index is 1.32. The molecule has 2 aromatic carbocycles. The Bertz CT molecular complexity index is 2710. The minimum Gasteiger partial charge on any atom is -0.465 e. The summed E-state index contributed by atoms with van der Waals surface area (Å²) in [6.07, 6.45) is 4.11. The maximum atomic E-state index is 14.7. The molecule has 2 aliphatic rings. The first-order chi connectivity index (χ1) is 34.5. The maximum Gasteiger partial charge on any atom is 0.302 e. The molecule has 4 amide bonds. The molecule has 2 aliphatic heterocycles. The Morgan fingerprint density at radius 2 is 1.68 bits per heavy atom. The normalized spacial score (nSPS) is 17.5. The number of pyridine rings is 1. The van der Waals surface area contributed by atoms with Crippen LogP contribution in [0.15, 0.2) is 60.8 Å². The fourth-order valence-electron chi connectivity index (χ4n) is 10.1. The molecule has 2 saturated heterocycles. The van der Waals surface area contributed by atoms with Gasteiger partial charge in [-0.3, -0.25) is 38.9 Å².